The van der Waals surface area contributed by atoms with Crippen molar-refractivity contribution in [3.8, 4) is 0 Å². The first-order valence-electron chi connectivity index (χ1n) is 9.32. The summed E-state index contributed by atoms with van der Waals surface area (Å²) in [5, 5.41) is 0. The van der Waals surface area contributed by atoms with Gasteiger partial charge in [0.25, 0.3) is 0 Å². The van der Waals surface area contributed by atoms with Crippen LogP contribution in [0.1, 0.15) is 54.3 Å². The highest BCUT2D eigenvalue weighted by Gasteiger charge is 2.30. The zero-order chi connectivity index (χ0) is 17.9. The number of imidazole rings is 1. The molecule has 0 fully saturated rings. The van der Waals surface area contributed by atoms with E-state index in [2.05, 4.69) is 64.0 Å². The second kappa shape index (κ2) is 7.38. The third-order valence-corrected chi connectivity index (χ3v) is 5.04. The first-order chi connectivity index (χ1) is 12.7. The molecule has 1 aliphatic heterocycles. The summed E-state index contributed by atoms with van der Waals surface area (Å²) >= 11 is 0. The van der Waals surface area contributed by atoms with Crippen LogP contribution in [-0.4, -0.2) is 31.4 Å². The molecule has 0 amide bonds. The van der Waals surface area contributed by atoms with E-state index in [9.17, 15) is 0 Å². The van der Waals surface area contributed by atoms with Crippen molar-refractivity contribution >= 4 is 0 Å². The van der Waals surface area contributed by atoms with Gasteiger partial charge in [-0.25, -0.2) is 15.0 Å². The van der Waals surface area contributed by atoms with Gasteiger partial charge in [0, 0.05) is 37.3 Å². The Labute approximate surface area is 154 Å². The zero-order valence-electron chi connectivity index (χ0n) is 15.4. The predicted molar refractivity (Wildman–Crippen MR) is 102 cm³/mol. The lowest BCUT2D eigenvalue weighted by molar-refractivity contribution is 0.168. The van der Waals surface area contributed by atoms with E-state index >= 15 is 0 Å². The number of H-pyrrole nitrogens is 1. The molecule has 1 aromatic carbocycles. The average molecular weight is 347 g/mol. The van der Waals surface area contributed by atoms with Gasteiger partial charge >= 0.3 is 0 Å². The molecule has 1 unspecified atom stereocenters. The van der Waals surface area contributed by atoms with Crippen LogP contribution in [0.5, 0.6) is 0 Å². The number of nitrogens with one attached hydrogen (secondary N) is 1. The number of rotatable bonds is 5. The van der Waals surface area contributed by atoms with E-state index in [4.69, 9.17) is 4.98 Å². The van der Waals surface area contributed by atoms with E-state index in [1.54, 1.807) is 0 Å². The molecule has 134 valence electrons. The standard InChI is InChI=1S/C21H25N5/c1-15(2)21-22-10-8-17(25-21)13-26-11-9-18-20(24-14-23-18)19(26)12-16-6-4-3-5-7-16/h3-8,10,14-15,19H,9,11-13H2,1-2H3,(H,23,24). The molecule has 0 saturated heterocycles. The number of aromatic nitrogens is 4. The molecule has 2 aromatic heterocycles. The second-order valence-corrected chi connectivity index (χ2v) is 7.25. The lowest BCUT2D eigenvalue weighted by atomic mass is 9.96. The number of hydrogen-bond acceptors (Lipinski definition) is 4. The largest absolute Gasteiger partial charge is 0.348 e. The summed E-state index contributed by atoms with van der Waals surface area (Å²) in [5.41, 5.74) is 4.87. The molecule has 3 heterocycles. The third kappa shape index (κ3) is 3.53. The summed E-state index contributed by atoms with van der Waals surface area (Å²) in [6, 6.07) is 13.0. The Balaban J connectivity index is 1.60. The van der Waals surface area contributed by atoms with Crippen molar-refractivity contribution in [1.82, 2.24) is 24.8 Å². The minimum atomic E-state index is 0.268. The Morgan fingerprint density at radius 2 is 2.00 bits per heavy atom. The van der Waals surface area contributed by atoms with E-state index in [-0.39, 0.29) is 6.04 Å². The smallest absolute Gasteiger partial charge is 0.131 e. The summed E-state index contributed by atoms with van der Waals surface area (Å²) in [4.78, 5) is 19.6. The Morgan fingerprint density at radius 1 is 1.15 bits per heavy atom. The zero-order valence-corrected chi connectivity index (χ0v) is 15.4. The van der Waals surface area contributed by atoms with Crippen molar-refractivity contribution in [3.63, 3.8) is 0 Å². The highest BCUT2D eigenvalue weighted by atomic mass is 15.2. The van der Waals surface area contributed by atoms with Gasteiger partial charge < -0.3 is 4.98 Å². The van der Waals surface area contributed by atoms with Gasteiger partial charge in [0.2, 0.25) is 0 Å². The van der Waals surface area contributed by atoms with Gasteiger partial charge in [-0.2, -0.15) is 0 Å². The number of hydrogen-bond donors (Lipinski definition) is 1. The van der Waals surface area contributed by atoms with Crippen LogP contribution < -0.4 is 0 Å². The minimum absolute atomic E-state index is 0.268. The summed E-state index contributed by atoms with van der Waals surface area (Å²) in [6.45, 7) is 6.10. The van der Waals surface area contributed by atoms with Crippen LogP contribution in [0, 0.1) is 0 Å². The van der Waals surface area contributed by atoms with Crippen LogP contribution in [0.4, 0.5) is 0 Å². The molecule has 1 aliphatic rings. The van der Waals surface area contributed by atoms with Gasteiger partial charge in [-0.05, 0) is 18.1 Å². The number of fused-ring (bicyclic) bond motifs is 1. The van der Waals surface area contributed by atoms with Crippen LogP contribution in [0.2, 0.25) is 0 Å². The Hall–Kier alpha value is -2.53. The van der Waals surface area contributed by atoms with Crippen molar-refractivity contribution in [2.75, 3.05) is 6.54 Å². The number of aromatic amines is 1. The van der Waals surface area contributed by atoms with Gasteiger partial charge in [-0.3, -0.25) is 4.90 Å². The maximum absolute atomic E-state index is 4.77. The van der Waals surface area contributed by atoms with E-state index in [1.165, 1.54) is 17.0 Å². The summed E-state index contributed by atoms with van der Waals surface area (Å²) in [7, 11) is 0. The van der Waals surface area contributed by atoms with Crippen molar-refractivity contribution in [1.29, 1.82) is 0 Å². The Bertz CT molecular complexity index is 856. The quantitative estimate of drug-likeness (QED) is 0.765. The maximum Gasteiger partial charge on any atom is 0.131 e. The first-order valence-corrected chi connectivity index (χ1v) is 9.32. The maximum atomic E-state index is 4.77. The van der Waals surface area contributed by atoms with E-state index < -0.39 is 0 Å². The third-order valence-electron chi connectivity index (χ3n) is 5.04. The van der Waals surface area contributed by atoms with Crippen LogP contribution in [0.15, 0.2) is 48.9 Å². The molecular formula is C21H25N5. The van der Waals surface area contributed by atoms with E-state index in [0.717, 1.165) is 37.4 Å². The molecule has 0 saturated carbocycles. The molecule has 0 aliphatic carbocycles. The second-order valence-electron chi connectivity index (χ2n) is 7.25. The fraction of sp³-hybridized carbons (Fsp3) is 0.381. The van der Waals surface area contributed by atoms with Crippen molar-refractivity contribution in [2.45, 2.75) is 45.2 Å². The van der Waals surface area contributed by atoms with Crippen molar-refractivity contribution in [3.05, 3.63) is 77.4 Å². The molecule has 0 bridgehead atoms. The van der Waals surface area contributed by atoms with E-state index in [1.807, 2.05) is 18.6 Å². The lowest BCUT2D eigenvalue weighted by Gasteiger charge is -2.35. The molecule has 0 radical (unpaired) electrons. The van der Waals surface area contributed by atoms with Gasteiger partial charge in [0.05, 0.1) is 23.8 Å². The lowest BCUT2D eigenvalue weighted by Crippen LogP contribution is -2.36. The predicted octanol–water partition coefficient (Wildman–Crippen LogP) is 3.67. The summed E-state index contributed by atoms with van der Waals surface area (Å²) < 4.78 is 0. The molecule has 1 atom stereocenters. The fourth-order valence-corrected chi connectivity index (χ4v) is 3.64. The number of nitrogens with zero attached hydrogens (tertiary/aromatic N) is 4. The van der Waals surface area contributed by atoms with Gasteiger partial charge in [-0.1, -0.05) is 44.2 Å². The number of benzene rings is 1. The topological polar surface area (TPSA) is 57.7 Å². The molecule has 26 heavy (non-hydrogen) atoms. The Morgan fingerprint density at radius 3 is 2.81 bits per heavy atom. The molecule has 5 nitrogen and oxygen atoms in total. The summed E-state index contributed by atoms with van der Waals surface area (Å²) in [5.74, 6) is 1.26. The molecular weight excluding hydrogens is 322 g/mol. The van der Waals surface area contributed by atoms with Gasteiger partial charge in [0.1, 0.15) is 5.82 Å². The average Bonchev–Trinajstić information content (AvgIpc) is 3.14. The van der Waals surface area contributed by atoms with Gasteiger partial charge in [-0.15, -0.1) is 0 Å². The van der Waals surface area contributed by atoms with Crippen molar-refractivity contribution < 1.29 is 0 Å². The SMILES string of the molecule is CC(C)c1nccc(CN2CCc3[nH]cnc3C2Cc2ccccc2)n1. The molecule has 5 heteroatoms. The molecule has 0 spiro atoms. The van der Waals surface area contributed by atoms with Crippen LogP contribution >= 0.6 is 0 Å². The summed E-state index contributed by atoms with van der Waals surface area (Å²) in [6.07, 6.45) is 5.67. The van der Waals surface area contributed by atoms with Crippen molar-refractivity contribution in [2.24, 2.45) is 0 Å². The Kier molecular flexibility index (Phi) is 4.80. The van der Waals surface area contributed by atoms with Gasteiger partial charge in [0.15, 0.2) is 0 Å². The van der Waals surface area contributed by atoms with Crippen LogP contribution in [0.3, 0.4) is 0 Å². The highest BCUT2D eigenvalue weighted by molar-refractivity contribution is 5.25. The molecule has 4 rings (SSSR count). The molecule has 3 aromatic rings. The van der Waals surface area contributed by atoms with Crippen LogP contribution in [-0.2, 0) is 19.4 Å². The van der Waals surface area contributed by atoms with Crippen LogP contribution in [0.25, 0.3) is 0 Å². The first kappa shape index (κ1) is 16.9. The molecule has 1 N–H and O–H groups in total. The minimum Gasteiger partial charge on any atom is -0.348 e. The van der Waals surface area contributed by atoms with E-state index in [0.29, 0.717) is 5.92 Å². The fourth-order valence-electron chi connectivity index (χ4n) is 3.64. The highest BCUT2D eigenvalue weighted by Crippen LogP contribution is 2.31. The monoisotopic (exact) mass is 347 g/mol. The normalized spacial score (nSPS) is 17.4.